The quantitative estimate of drug-likeness (QED) is 0.621. The highest BCUT2D eigenvalue weighted by Crippen LogP contribution is 2.20. The van der Waals surface area contributed by atoms with E-state index in [0.717, 1.165) is 10.6 Å². The molecule has 0 fully saturated rings. The average molecular weight is 278 g/mol. The maximum absolute atomic E-state index is 11.5. The van der Waals surface area contributed by atoms with Gasteiger partial charge in [-0.1, -0.05) is 0 Å². The van der Waals surface area contributed by atoms with Gasteiger partial charge < -0.3 is 9.47 Å². The summed E-state index contributed by atoms with van der Waals surface area (Å²) in [5.41, 5.74) is 0. The molecule has 2 aromatic rings. The predicted octanol–water partition coefficient (Wildman–Crippen LogP) is 2.67. The molecular weight excluding hydrogens is 264 g/mol. The normalized spacial score (nSPS) is 10.2. The Morgan fingerprint density at radius 2 is 2.16 bits per heavy atom. The minimum atomic E-state index is -0.409. The molecule has 0 aliphatic heterocycles. The largest absolute Gasteiger partial charge is 0.497 e. The van der Waals surface area contributed by atoms with Crippen LogP contribution in [0.2, 0.25) is 0 Å². The van der Waals surface area contributed by atoms with Crippen molar-refractivity contribution in [3.63, 3.8) is 0 Å². The van der Waals surface area contributed by atoms with E-state index >= 15 is 0 Å². The molecule has 5 nitrogen and oxygen atoms in total. The molecule has 0 bridgehead atoms. The first-order chi connectivity index (χ1) is 9.29. The summed E-state index contributed by atoms with van der Waals surface area (Å²) in [6.07, 6.45) is 4.10. The first-order valence-corrected chi connectivity index (χ1v) is 6.70. The van der Waals surface area contributed by atoms with E-state index in [4.69, 9.17) is 9.47 Å². The third-order valence-electron chi connectivity index (χ3n) is 2.35. The molecule has 1 aromatic heterocycles. The average Bonchev–Trinajstić information content (AvgIpc) is 2.98. The lowest BCUT2D eigenvalue weighted by Gasteiger charge is -2.05. The zero-order valence-corrected chi connectivity index (χ0v) is 11.3. The summed E-state index contributed by atoms with van der Waals surface area (Å²) in [6, 6.07) is 7.75. The minimum absolute atomic E-state index is 0.355. The molecule has 0 saturated carbocycles. The van der Waals surface area contributed by atoms with Gasteiger partial charge in [0.05, 0.1) is 7.11 Å². The van der Waals surface area contributed by atoms with Crippen LogP contribution in [-0.2, 0) is 4.74 Å². The fraction of sp³-hybridized carbons (Fsp3) is 0.231. The Hall–Kier alpha value is -1.95. The molecule has 19 heavy (non-hydrogen) atoms. The Morgan fingerprint density at radius 1 is 1.37 bits per heavy atom. The smallest absolute Gasteiger partial charge is 0.419 e. The van der Waals surface area contributed by atoms with Crippen LogP contribution in [0.4, 0.5) is 4.79 Å². The molecule has 100 valence electrons. The molecule has 0 atom stereocenters. The zero-order chi connectivity index (χ0) is 13.5. The Bertz CT molecular complexity index is 511. The number of thioether (sulfide) groups is 1. The number of benzene rings is 1. The van der Waals surface area contributed by atoms with Gasteiger partial charge in [0.15, 0.2) is 0 Å². The predicted molar refractivity (Wildman–Crippen MR) is 72.7 cm³/mol. The van der Waals surface area contributed by atoms with Crippen molar-refractivity contribution in [1.29, 1.82) is 0 Å². The van der Waals surface area contributed by atoms with Crippen molar-refractivity contribution >= 4 is 17.9 Å². The Labute approximate surface area is 115 Å². The summed E-state index contributed by atoms with van der Waals surface area (Å²) in [7, 11) is 1.64. The van der Waals surface area contributed by atoms with Gasteiger partial charge in [-0.05, 0) is 24.3 Å². The van der Waals surface area contributed by atoms with Crippen LogP contribution in [0, 0.1) is 0 Å². The zero-order valence-electron chi connectivity index (χ0n) is 10.5. The lowest BCUT2D eigenvalue weighted by atomic mass is 10.3. The molecule has 0 saturated heterocycles. The Morgan fingerprint density at radius 3 is 2.79 bits per heavy atom. The molecule has 0 spiro atoms. The highest BCUT2D eigenvalue weighted by atomic mass is 32.2. The van der Waals surface area contributed by atoms with Crippen molar-refractivity contribution in [3.05, 3.63) is 43.0 Å². The third kappa shape index (κ3) is 4.03. The van der Waals surface area contributed by atoms with Gasteiger partial charge in [0, 0.05) is 23.0 Å². The van der Waals surface area contributed by atoms with Crippen molar-refractivity contribution in [1.82, 2.24) is 9.55 Å². The second-order valence-corrected chi connectivity index (χ2v) is 4.78. The maximum Gasteiger partial charge on any atom is 0.419 e. The molecular formula is C13H14N2O3S. The van der Waals surface area contributed by atoms with Crippen LogP contribution in [0.25, 0.3) is 0 Å². The number of methoxy groups -OCH3 is 1. The van der Waals surface area contributed by atoms with E-state index in [1.807, 2.05) is 24.3 Å². The first-order valence-electron chi connectivity index (χ1n) is 5.71. The van der Waals surface area contributed by atoms with Crippen molar-refractivity contribution in [2.24, 2.45) is 0 Å². The van der Waals surface area contributed by atoms with Crippen LogP contribution in [0.15, 0.2) is 47.9 Å². The maximum atomic E-state index is 11.5. The van der Waals surface area contributed by atoms with Crippen LogP contribution in [-0.4, -0.2) is 35.1 Å². The van der Waals surface area contributed by atoms with Gasteiger partial charge in [0.25, 0.3) is 0 Å². The molecule has 0 amide bonds. The topological polar surface area (TPSA) is 53.4 Å². The number of rotatable bonds is 5. The standard InChI is InChI=1S/C13H14N2O3S/c1-17-11-2-4-12(5-3-11)19-9-8-18-13(16)15-7-6-14-10-15/h2-7,10H,8-9H2,1H3. The summed E-state index contributed by atoms with van der Waals surface area (Å²) >= 11 is 1.62. The molecule has 1 heterocycles. The van der Waals surface area contributed by atoms with E-state index in [1.54, 1.807) is 25.1 Å². The number of imidazole rings is 1. The number of aromatic nitrogens is 2. The summed E-state index contributed by atoms with van der Waals surface area (Å²) in [5.74, 6) is 1.53. The van der Waals surface area contributed by atoms with E-state index in [0.29, 0.717) is 12.4 Å². The molecule has 0 radical (unpaired) electrons. The number of carbonyl (C=O) groups is 1. The van der Waals surface area contributed by atoms with Crippen LogP contribution in [0.1, 0.15) is 0 Å². The number of carbonyl (C=O) groups excluding carboxylic acids is 1. The highest BCUT2D eigenvalue weighted by molar-refractivity contribution is 7.99. The Kier molecular flexibility index (Phi) is 4.85. The summed E-state index contributed by atoms with van der Waals surface area (Å²) in [5, 5.41) is 0. The highest BCUT2D eigenvalue weighted by Gasteiger charge is 2.04. The number of hydrogen-bond acceptors (Lipinski definition) is 5. The van der Waals surface area contributed by atoms with Crippen LogP contribution < -0.4 is 4.74 Å². The number of nitrogens with zero attached hydrogens (tertiary/aromatic N) is 2. The van der Waals surface area contributed by atoms with E-state index < -0.39 is 6.09 Å². The molecule has 2 rings (SSSR count). The van der Waals surface area contributed by atoms with Crippen LogP contribution >= 0.6 is 11.8 Å². The monoisotopic (exact) mass is 278 g/mol. The van der Waals surface area contributed by atoms with E-state index in [1.165, 1.54) is 17.1 Å². The van der Waals surface area contributed by atoms with Crippen LogP contribution in [0.3, 0.4) is 0 Å². The van der Waals surface area contributed by atoms with Gasteiger partial charge in [0.2, 0.25) is 0 Å². The fourth-order valence-electron chi connectivity index (χ4n) is 1.40. The fourth-order valence-corrected chi connectivity index (χ4v) is 2.13. The van der Waals surface area contributed by atoms with Gasteiger partial charge in [-0.2, -0.15) is 0 Å². The van der Waals surface area contributed by atoms with Gasteiger partial charge in [0.1, 0.15) is 18.7 Å². The van der Waals surface area contributed by atoms with E-state index in [9.17, 15) is 4.79 Å². The lowest BCUT2D eigenvalue weighted by Crippen LogP contribution is -2.13. The molecule has 0 aliphatic rings. The molecule has 0 N–H and O–H groups in total. The van der Waals surface area contributed by atoms with Crippen molar-refractivity contribution in [2.45, 2.75) is 4.90 Å². The molecule has 0 unspecified atom stereocenters. The van der Waals surface area contributed by atoms with Crippen molar-refractivity contribution in [2.75, 3.05) is 19.5 Å². The molecule has 0 aliphatic carbocycles. The number of ether oxygens (including phenoxy) is 2. The lowest BCUT2D eigenvalue weighted by molar-refractivity contribution is 0.155. The number of hydrogen-bond donors (Lipinski definition) is 0. The van der Waals surface area contributed by atoms with Gasteiger partial charge in [-0.25, -0.2) is 14.3 Å². The Balaban J connectivity index is 1.70. The minimum Gasteiger partial charge on any atom is -0.497 e. The summed E-state index contributed by atoms with van der Waals surface area (Å²) < 4.78 is 11.5. The molecule has 1 aromatic carbocycles. The van der Waals surface area contributed by atoms with Crippen molar-refractivity contribution < 1.29 is 14.3 Å². The van der Waals surface area contributed by atoms with E-state index in [2.05, 4.69) is 4.98 Å². The second kappa shape index (κ2) is 6.84. The van der Waals surface area contributed by atoms with Crippen molar-refractivity contribution in [3.8, 4) is 5.75 Å². The summed E-state index contributed by atoms with van der Waals surface area (Å²) in [4.78, 5) is 16.4. The third-order valence-corrected chi connectivity index (χ3v) is 3.33. The second-order valence-electron chi connectivity index (χ2n) is 3.61. The summed E-state index contributed by atoms with van der Waals surface area (Å²) in [6.45, 7) is 0.355. The first kappa shape index (κ1) is 13.5. The van der Waals surface area contributed by atoms with Gasteiger partial charge >= 0.3 is 6.09 Å². The van der Waals surface area contributed by atoms with Crippen LogP contribution in [0.5, 0.6) is 5.75 Å². The van der Waals surface area contributed by atoms with Gasteiger partial charge in [-0.15, -0.1) is 11.8 Å². The SMILES string of the molecule is COc1ccc(SCCOC(=O)n2ccnc2)cc1. The molecule has 6 heteroatoms. The van der Waals surface area contributed by atoms with Gasteiger partial charge in [-0.3, -0.25) is 0 Å². The van der Waals surface area contributed by atoms with E-state index in [-0.39, 0.29) is 0 Å².